The van der Waals surface area contributed by atoms with E-state index in [4.69, 9.17) is 9.47 Å². The number of hydrogen-bond acceptors (Lipinski definition) is 3. The molecule has 1 heterocycles. The van der Waals surface area contributed by atoms with Crippen molar-refractivity contribution >= 4 is 27.8 Å². The number of rotatable bonds is 3. The molecule has 3 nitrogen and oxygen atoms in total. The van der Waals surface area contributed by atoms with Crippen molar-refractivity contribution in [1.29, 1.82) is 0 Å². The van der Waals surface area contributed by atoms with Crippen molar-refractivity contribution in [1.82, 2.24) is 0 Å². The van der Waals surface area contributed by atoms with Crippen LogP contribution in [-0.4, -0.2) is 0 Å². The van der Waals surface area contributed by atoms with E-state index in [9.17, 15) is 0 Å². The summed E-state index contributed by atoms with van der Waals surface area (Å²) in [5, 5.41) is 2.40. The topological polar surface area (TPSA) is 21.7 Å². The minimum Gasteiger partial charge on any atom is -0.449 e. The maximum absolute atomic E-state index is 7.04. The van der Waals surface area contributed by atoms with Crippen LogP contribution >= 0.6 is 0 Å². The molecule has 0 N–H and O–H groups in total. The molecule has 50 heavy (non-hydrogen) atoms. The Morgan fingerprint density at radius 2 is 0.940 bits per heavy atom. The Balaban J connectivity index is 1.09. The Morgan fingerprint density at radius 1 is 0.360 bits per heavy atom. The molecule has 11 rings (SSSR count). The van der Waals surface area contributed by atoms with Crippen LogP contribution in [0.25, 0.3) is 33.0 Å². The fourth-order valence-corrected chi connectivity index (χ4v) is 8.68. The van der Waals surface area contributed by atoms with Crippen LogP contribution in [0.15, 0.2) is 176 Å². The minimum atomic E-state index is -0.445. The molecule has 2 aliphatic carbocycles. The summed E-state index contributed by atoms with van der Waals surface area (Å²) in [6.07, 6.45) is 0. The van der Waals surface area contributed by atoms with Crippen molar-refractivity contribution < 1.29 is 9.47 Å². The predicted octanol–water partition coefficient (Wildman–Crippen LogP) is 12.6. The molecular formula is C47H29NO2. The second-order valence-corrected chi connectivity index (χ2v) is 13.2. The van der Waals surface area contributed by atoms with Gasteiger partial charge < -0.3 is 14.4 Å². The van der Waals surface area contributed by atoms with Gasteiger partial charge in [-0.2, -0.15) is 0 Å². The third-order valence-electron chi connectivity index (χ3n) is 10.7. The highest BCUT2D eigenvalue weighted by molar-refractivity contribution is 5.98. The quantitative estimate of drug-likeness (QED) is 0.192. The number of hydrogen-bond donors (Lipinski definition) is 0. The van der Waals surface area contributed by atoms with E-state index in [0.29, 0.717) is 11.5 Å². The van der Waals surface area contributed by atoms with Gasteiger partial charge in [0.25, 0.3) is 0 Å². The highest BCUT2D eigenvalue weighted by Crippen LogP contribution is 2.66. The molecule has 0 amide bonds. The lowest BCUT2D eigenvalue weighted by Gasteiger charge is -2.31. The summed E-state index contributed by atoms with van der Waals surface area (Å²) in [6, 6.07) is 62.7. The van der Waals surface area contributed by atoms with Crippen molar-refractivity contribution in [2.45, 2.75) is 5.41 Å². The van der Waals surface area contributed by atoms with Gasteiger partial charge in [0.15, 0.2) is 23.0 Å². The average molecular weight is 640 g/mol. The standard InChI is InChI=1S/C47H29NO2/c1-2-14-32(15-3-1)48(33-23-22-30-12-4-5-13-31(30)28-33)34-24-26-42-44(29-34)50-46-43(49-42)27-25-41-45(46)37-18-8-11-21-40(37)47(41)38-19-9-6-16-35(38)36-17-7-10-20-39(36)47/h1-29H. The SMILES string of the molecule is c1ccc(N(c2ccc3c(c2)Oc2c(ccc4c2-c2ccccc2C42c4ccccc4-c4ccccc42)O3)c2ccc3ccccc3c2)cc1. The predicted molar refractivity (Wildman–Crippen MR) is 202 cm³/mol. The van der Waals surface area contributed by atoms with E-state index in [1.54, 1.807) is 0 Å². The third-order valence-corrected chi connectivity index (χ3v) is 10.7. The zero-order valence-corrected chi connectivity index (χ0v) is 27.0. The van der Waals surface area contributed by atoms with Crippen LogP contribution in [0.2, 0.25) is 0 Å². The zero-order chi connectivity index (χ0) is 32.8. The smallest absolute Gasteiger partial charge is 0.178 e. The second-order valence-electron chi connectivity index (χ2n) is 13.2. The van der Waals surface area contributed by atoms with Crippen molar-refractivity contribution in [3.8, 4) is 45.3 Å². The van der Waals surface area contributed by atoms with Crippen LogP contribution in [0.5, 0.6) is 23.0 Å². The van der Waals surface area contributed by atoms with Gasteiger partial charge >= 0.3 is 0 Å². The first-order valence-corrected chi connectivity index (χ1v) is 17.1. The number of ether oxygens (including phenoxy) is 2. The first-order chi connectivity index (χ1) is 24.8. The lowest BCUT2D eigenvalue weighted by Crippen LogP contribution is -2.25. The van der Waals surface area contributed by atoms with Gasteiger partial charge in [-0.3, -0.25) is 0 Å². The number of para-hydroxylation sites is 1. The minimum absolute atomic E-state index is 0.445. The molecule has 0 atom stereocenters. The van der Waals surface area contributed by atoms with E-state index in [0.717, 1.165) is 34.1 Å². The monoisotopic (exact) mass is 639 g/mol. The normalized spacial score (nSPS) is 13.7. The van der Waals surface area contributed by atoms with Crippen LogP contribution in [0.1, 0.15) is 22.3 Å². The zero-order valence-electron chi connectivity index (χ0n) is 27.0. The summed E-state index contributed by atoms with van der Waals surface area (Å²) in [5.74, 6) is 2.88. The fraction of sp³-hybridized carbons (Fsp3) is 0.0213. The molecule has 0 bridgehead atoms. The second kappa shape index (κ2) is 10.2. The molecule has 0 saturated heterocycles. The Hall–Kier alpha value is -6.58. The first-order valence-electron chi connectivity index (χ1n) is 17.1. The molecule has 0 saturated carbocycles. The number of benzene rings is 8. The van der Waals surface area contributed by atoms with Crippen molar-refractivity contribution in [2.75, 3.05) is 4.90 Å². The number of nitrogens with zero attached hydrogens (tertiary/aromatic N) is 1. The van der Waals surface area contributed by atoms with Crippen LogP contribution in [-0.2, 0) is 5.41 Å². The van der Waals surface area contributed by atoms with Crippen molar-refractivity contribution in [3.63, 3.8) is 0 Å². The molecule has 234 valence electrons. The lowest BCUT2D eigenvalue weighted by atomic mass is 9.70. The van der Waals surface area contributed by atoms with Crippen LogP contribution < -0.4 is 14.4 Å². The van der Waals surface area contributed by atoms with Gasteiger partial charge in [0.1, 0.15) is 0 Å². The largest absolute Gasteiger partial charge is 0.449 e. The first kappa shape index (κ1) is 27.4. The summed E-state index contributed by atoms with van der Waals surface area (Å²) in [5.41, 5.74) is 12.6. The van der Waals surface area contributed by atoms with E-state index in [2.05, 4.69) is 175 Å². The maximum atomic E-state index is 7.04. The molecule has 8 aromatic carbocycles. The molecule has 1 aliphatic heterocycles. The van der Waals surface area contributed by atoms with Gasteiger partial charge in [0, 0.05) is 23.0 Å². The summed E-state index contributed by atoms with van der Waals surface area (Å²) < 4.78 is 13.7. The summed E-state index contributed by atoms with van der Waals surface area (Å²) in [4.78, 5) is 2.28. The van der Waals surface area contributed by atoms with E-state index in [1.165, 1.54) is 49.7 Å². The molecule has 3 aliphatic rings. The van der Waals surface area contributed by atoms with Crippen LogP contribution in [0.3, 0.4) is 0 Å². The third kappa shape index (κ3) is 3.64. The van der Waals surface area contributed by atoms with E-state index in [-0.39, 0.29) is 0 Å². The summed E-state index contributed by atoms with van der Waals surface area (Å²) in [6.45, 7) is 0. The van der Waals surface area contributed by atoms with Gasteiger partial charge in [-0.05, 0) is 92.2 Å². The summed E-state index contributed by atoms with van der Waals surface area (Å²) >= 11 is 0. The van der Waals surface area contributed by atoms with Gasteiger partial charge in [0.2, 0.25) is 0 Å². The van der Waals surface area contributed by atoms with Gasteiger partial charge in [0.05, 0.1) is 11.1 Å². The summed E-state index contributed by atoms with van der Waals surface area (Å²) in [7, 11) is 0. The molecular weight excluding hydrogens is 611 g/mol. The highest BCUT2D eigenvalue weighted by Gasteiger charge is 2.53. The van der Waals surface area contributed by atoms with E-state index < -0.39 is 5.41 Å². The lowest BCUT2D eigenvalue weighted by molar-refractivity contribution is 0.360. The Morgan fingerprint density at radius 3 is 1.70 bits per heavy atom. The van der Waals surface area contributed by atoms with Gasteiger partial charge in [-0.25, -0.2) is 0 Å². The van der Waals surface area contributed by atoms with Crippen molar-refractivity contribution in [2.24, 2.45) is 0 Å². The Bertz CT molecular complexity index is 2630. The maximum Gasteiger partial charge on any atom is 0.178 e. The number of fused-ring (bicyclic) bond motifs is 14. The molecule has 3 heteroatoms. The molecule has 8 aromatic rings. The molecule has 0 aromatic heterocycles. The van der Waals surface area contributed by atoms with Gasteiger partial charge in [-0.15, -0.1) is 0 Å². The Kier molecular flexibility index (Phi) is 5.59. The average Bonchev–Trinajstić information content (AvgIpc) is 3.65. The van der Waals surface area contributed by atoms with E-state index in [1.807, 2.05) is 6.07 Å². The highest BCUT2D eigenvalue weighted by atomic mass is 16.6. The molecule has 1 spiro atoms. The molecule has 0 radical (unpaired) electrons. The van der Waals surface area contributed by atoms with Crippen LogP contribution in [0, 0.1) is 0 Å². The van der Waals surface area contributed by atoms with Gasteiger partial charge in [-0.1, -0.05) is 127 Å². The fourth-order valence-electron chi connectivity index (χ4n) is 8.68. The Labute approximate surface area is 290 Å². The number of anilines is 3. The van der Waals surface area contributed by atoms with E-state index >= 15 is 0 Å². The molecule has 0 unspecified atom stereocenters. The molecule has 0 fully saturated rings. The van der Waals surface area contributed by atoms with Crippen LogP contribution in [0.4, 0.5) is 17.1 Å². The van der Waals surface area contributed by atoms with Crippen molar-refractivity contribution in [3.05, 3.63) is 198 Å².